The second-order valence-corrected chi connectivity index (χ2v) is 5.26. The normalized spacial score (nSPS) is 11.8. The van der Waals surface area contributed by atoms with Crippen LogP contribution in [0.2, 0.25) is 0 Å². The van der Waals surface area contributed by atoms with Crippen molar-refractivity contribution in [3.63, 3.8) is 0 Å². The third kappa shape index (κ3) is 4.26. The predicted molar refractivity (Wildman–Crippen MR) is 86.8 cm³/mol. The summed E-state index contributed by atoms with van der Waals surface area (Å²) in [6, 6.07) is 6.63. The first-order valence-corrected chi connectivity index (χ1v) is 7.38. The van der Waals surface area contributed by atoms with Crippen LogP contribution in [-0.4, -0.2) is 29.1 Å². The molecule has 0 bridgehead atoms. The lowest BCUT2D eigenvalue weighted by Crippen LogP contribution is -2.27. The van der Waals surface area contributed by atoms with Gasteiger partial charge in [-0.2, -0.15) is 0 Å². The Labute approximate surface area is 134 Å². The van der Waals surface area contributed by atoms with E-state index in [0.717, 1.165) is 23.0 Å². The number of anilines is 1. The largest absolute Gasteiger partial charge is 0.395 e. The second-order valence-electron chi connectivity index (χ2n) is 5.26. The molecule has 1 unspecified atom stereocenters. The Hall–Kier alpha value is -2.47. The lowest BCUT2D eigenvalue weighted by atomic mass is 10.0. The lowest BCUT2D eigenvalue weighted by molar-refractivity contribution is 0.0944. The molecule has 1 aromatic heterocycles. The van der Waals surface area contributed by atoms with Crippen LogP contribution in [0.3, 0.4) is 0 Å². The first-order chi connectivity index (χ1) is 11.0. The van der Waals surface area contributed by atoms with E-state index in [1.165, 1.54) is 6.07 Å². The fourth-order valence-electron chi connectivity index (χ4n) is 2.28. The standard InChI is InChI=1S/C17H20FN3O2/c1-11-15(17(23)20-6-7-22)4-3-5-16(11)21-12(2)13-8-14(18)10-19-9-13/h3-5,8-10,12,21-22H,6-7H2,1-2H3,(H,20,23). The van der Waals surface area contributed by atoms with Crippen LogP contribution < -0.4 is 10.6 Å². The quantitative estimate of drug-likeness (QED) is 0.765. The van der Waals surface area contributed by atoms with Crippen molar-refractivity contribution in [2.75, 3.05) is 18.5 Å². The van der Waals surface area contributed by atoms with Crippen LogP contribution in [-0.2, 0) is 0 Å². The van der Waals surface area contributed by atoms with Gasteiger partial charge in [-0.05, 0) is 43.2 Å². The maximum absolute atomic E-state index is 13.3. The van der Waals surface area contributed by atoms with Crippen molar-refractivity contribution in [2.45, 2.75) is 19.9 Å². The van der Waals surface area contributed by atoms with E-state index in [9.17, 15) is 9.18 Å². The minimum atomic E-state index is -0.384. The van der Waals surface area contributed by atoms with Gasteiger partial charge in [0.15, 0.2) is 0 Å². The zero-order valence-corrected chi connectivity index (χ0v) is 13.1. The van der Waals surface area contributed by atoms with Gasteiger partial charge in [-0.1, -0.05) is 6.07 Å². The number of hydrogen-bond donors (Lipinski definition) is 3. The third-order valence-electron chi connectivity index (χ3n) is 3.57. The van der Waals surface area contributed by atoms with Gasteiger partial charge >= 0.3 is 0 Å². The SMILES string of the molecule is Cc1c(NC(C)c2cncc(F)c2)cccc1C(=O)NCCO. The maximum Gasteiger partial charge on any atom is 0.251 e. The number of pyridine rings is 1. The number of aliphatic hydroxyl groups is 1. The average Bonchev–Trinajstić information content (AvgIpc) is 2.54. The summed E-state index contributed by atoms with van der Waals surface area (Å²) >= 11 is 0. The van der Waals surface area contributed by atoms with Gasteiger partial charge in [-0.15, -0.1) is 0 Å². The molecule has 2 rings (SSSR count). The van der Waals surface area contributed by atoms with E-state index in [-0.39, 0.29) is 30.9 Å². The van der Waals surface area contributed by atoms with Crippen LogP contribution in [0.1, 0.15) is 34.5 Å². The van der Waals surface area contributed by atoms with Crippen LogP contribution in [0.4, 0.5) is 10.1 Å². The highest BCUT2D eigenvalue weighted by molar-refractivity contribution is 5.97. The summed E-state index contributed by atoms with van der Waals surface area (Å²) in [5.74, 6) is -0.620. The van der Waals surface area contributed by atoms with Gasteiger partial charge in [0.05, 0.1) is 18.8 Å². The van der Waals surface area contributed by atoms with Crippen LogP contribution in [0.5, 0.6) is 0 Å². The number of rotatable bonds is 6. The molecule has 1 atom stereocenters. The summed E-state index contributed by atoms with van der Waals surface area (Å²) in [4.78, 5) is 15.9. The van der Waals surface area contributed by atoms with Gasteiger partial charge in [0.2, 0.25) is 0 Å². The Balaban J connectivity index is 2.18. The highest BCUT2D eigenvalue weighted by Gasteiger charge is 2.13. The third-order valence-corrected chi connectivity index (χ3v) is 3.57. The summed E-state index contributed by atoms with van der Waals surface area (Å²) in [6.07, 6.45) is 2.77. The van der Waals surface area contributed by atoms with Crippen molar-refractivity contribution in [2.24, 2.45) is 0 Å². The van der Waals surface area contributed by atoms with Gasteiger partial charge in [-0.25, -0.2) is 4.39 Å². The number of hydrogen-bond acceptors (Lipinski definition) is 4. The predicted octanol–water partition coefficient (Wildman–Crippen LogP) is 2.42. The highest BCUT2D eigenvalue weighted by atomic mass is 19.1. The summed E-state index contributed by atoms with van der Waals surface area (Å²) < 4.78 is 13.3. The Morgan fingerprint density at radius 1 is 1.39 bits per heavy atom. The van der Waals surface area contributed by atoms with E-state index in [2.05, 4.69) is 15.6 Å². The van der Waals surface area contributed by atoms with Gasteiger partial charge in [0.1, 0.15) is 5.82 Å². The number of carbonyl (C=O) groups is 1. The molecule has 2 aromatic rings. The molecule has 122 valence electrons. The van der Waals surface area contributed by atoms with E-state index in [0.29, 0.717) is 5.56 Å². The Bertz CT molecular complexity index is 691. The molecule has 23 heavy (non-hydrogen) atoms. The molecule has 6 heteroatoms. The highest BCUT2D eigenvalue weighted by Crippen LogP contribution is 2.24. The first-order valence-electron chi connectivity index (χ1n) is 7.38. The van der Waals surface area contributed by atoms with Gasteiger partial charge in [-0.3, -0.25) is 9.78 Å². The van der Waals surface area contributed by atoms with Crippen LogP contribution in [0.25, 0.3) is 0 Å². The molecule has 0 aliphatic rings. The number of benzene rings is 1. The molecule has 0 fully saturated rings. The zero-order chi connectivity index (χ0) is 16.8. The number of amides is 1. The fraction of sp³-hybridized carbons (Fsp3) is 0.294. The molecule has 5 nitrogen and oxygen atoms in total. The number of aliphatic hydroxyl groups excluding tert-OH is 1. The molecule has 0 saturated carbocycles. The zero-order valence-electron chi connectivity index (χ0n) is 13.1. The fourth-order valence-corrected chi connectivity index (χ4v) is 2.28. The van der Waals surface area contributed by atoms with E-state index in [1.807, 2.05) is 19.9 Å². The van der Waals surface area contributed by atoms with E-state index >= 15 is 0 Å². The molecule has 0 saturated heterocycles. The van der Waals surface area contributed by atoms with Crippen molar-refractivity contribution >= 4 is 11.6 Å². The van der Waals surface area contributed by atoms with E-state index < -0.39 is 0 Å². The molecular formula is C17H20FN3O2. The smallest absolute Gasteiger partial charge is 0.251 e. The van der Waals surface area contributed by atoms with E-state index in [4.69, 9.17) is 5.11 Å². The average molecular weight is 317 g/mol. The van der Waals surface area contributed by atoms with E-state index in [1.54, 1.807) is 18.3 Å². The lowest BCUT2D eigenvalue weighted by Gasteiger charge is -2.18. The number of aromatic nitrogens is 1. The van der Waals surface area contributed by atoms with Crippen LogP contribution in [0.15, 0.2) is 36.7 Å². The summed E-state index contributed by atoms with van der Waals surface area (Å²) in [6.45, 7) is 3.84. The molecule has 3 N–H and O–H groups in total. The number of nitrogens with one attached hydrogen (secondary N) is 2. The molecule has 1 heterocycles. The molecular weight excluding hydrogens is 297 g/mol. The molecule has 0 aliphatic heterocycles. The van der Waals surface area contributed by atoms with Gasteiger partial charge < -0.3 is 15.7 Å². The molecule has 0 radical (unpaired) electrons. The van der Waals surface area contributed by atoms with Crippen LogP contribution in [0, 0.1) is 12.7 Å². The summed E-state index contributed by atoms with van der Waals surface area (Å²) in [7, 11) is 0. The number of nitrogens with zero attached hydrogens (tertiary/aromatic N) is 1. The van der Waals surface area contributed by atoms with Gasteiger partial charge in [0, 0.05) is 24.0 Å². The van der Waals surface area contributed by atoms with Crippen molar-refractivity contribution < 1.29 is 14.3 Å². The van der Waals surface area contributed by atoms with Crippen molar-refractivity contribution in [1.82, 2.24) is 10.3 Å². The monoisotopic (exact) mass is 317 g/mol. The minimum absolute atomic E-state index is 0.105. The maximum atomic E-state index is 13.3. The number of carbonyl (C=O) groups excluding carboxylic acids is 1. The Morgan fingerprint density at radius 3 is 2.87 bits per heavy atom. The van der Waals surface area contributed by atoms with Crippen molar-refractivity contribution in [3.05, 3.63) is 59.2 Å². The Kier molecular flexibility index (Phi) is 5.65. The molecule has 1 aromatic carbocycles. The molecule has 1 amide bonds. The second kappa shape index (κ2) is 7.69. The minimum Gasteiger partial charge on any atom is -0.395 e. The molecule has 0 spiro atoms. The first kappa shape index (κ1) is 16.9. The Morgan fingerprint density at radius 2 is 2.17 bits per heavy atom. The summed E-state index contributed by atoms with van der Waals surface area (Å²) in [5.41, 5.74) is 2.84. The van der Waals surface area contributed by atoms with Crippen molar-refractivity contribution in [3.8, 4) is 0 Å². The summed E-state index contributed by atoms with van der Waals surface area (Å²) in [5, 5.41) is 14.7. The van der Waals surface area contributed by atoms with Crippen LogP contribution >= 0.6 is 0 Å². The van der Waals surface area contributed by atoms with Crippen molar-refractivity contribution in [1.29, 1.82) is 0 Å². The topological polar surface area (TPSA) is 74.2 Å². The van der Waals surface area contributed by atoms with Gasteiger partial charge in [0.25, 0.3) is 5.91 Å². The number of halogens is 1. The molecule has 0 aliphatic carbocycles.